The smallest absolute Gasteiger partial charge is 0.339 e. The fraction of sp³-hybridized carbons (Fsp3) is 0. The van der Waals surface area contributed by atoms with Gasteiger partial charge in [0, 0.05) is 6.07 Å². The van der Waals surface area contributed by atoms with Crippen molar-refractivity contribution in [1.29, 1.82) is 0 Å². The number of rotatable bonds is 3. The van der Waals surface area contributed by atoms with E-state index in [1.165, 1.54) is 18.2 Å². The highest BCUT2D eigenvalue weighted by Crippen LogP contribution is 2.34. The Hall–Kier alpha value is -1.23. The maximum atomic E-state index is 10.8. The molecular weight excluding hydrogens is 490 g/mol. The second kappa shape index (κ2) is 6.04. The summed E-state index contributed by atoms with van der Waals surface area (Å²) in [5, 5.41) is 28.1. The first-order chi connectivity index (χ1) is 9.38. The summed E-state index contributed by atoms with van der Waals surface area (Å²) in [5.41, 5.74) is -0.188. The van der Waals surface area contributed by atoms with Gasteiger partial charge in [-0.3, -0.25) is 0 Å². The summed E-state index contributed by atoms with van der Waals surface area (Å²) in [6, 6.07) is 7.23. The van der Waals surface area contributed by atoms with E-state index in [9.17, 15) is 15.0 Å². The minimum Gasteiger partial charge on any atom is -0.507 e. The SMILES string of the molecule is O=C(O)c1ccc(Oc2cc(I)c(O)c(I)c2)cc1O. The van der Waals surface area contributed by atoms with E-state index in [0.29, 0.717) is 18.6 Å². The molecule has 104 valence electrons. The molecule has 0 atom stereocenters. The molecule has 0 heterocycles. The van der Waals surface area contributed by atoms with Gasteiger partial charge in [0.05, 0.1) is 7.14 Å². The number of carbonyl (C=O) groups is 1. The predicted molar refractivity (Wildman–Crippen MR) is 88.7 cm³/mol. The molecule has 0 bridgehead atoms. The molecule has 2 aromatic rings. The Morgan fingerprint density at radius 3 is 2.10 bits per heavy atom. The van der Waals surface area contributed by atoms with Gasteiger partial charge in [-0.15, -0.1) is 0 Å². The van der Waals surface area contributed by atoms with Gasteiger partial charge in [-0.25, -0.2) is 4.79 Å². The largest absolute Gasteiger partial charge is 0.507 e. The highest BCUT2D eigenvalue weighted by molar-refractivity contribution is 14.1. The molecule has 0 amide bonds. The topological polar surface area (TPSA) is 87.0 Å². The van der Waals surface area contributed by atoms with Crippen molar-refractivity contribution in [1.82, 2.24) is 0 Å². The molecule has 2 aromatic carbocycles. The fourth-order valence-corrected chi connectivity index (χ4v) is 3.20. The molecule has 5 nitrogen and oxygen atoms in total. The molecule has 7 heteroatoms. The minimum atomic E-state index is -1.21. The van der Waals surface area contributed by atoms with Gasteiger partial charge >= 0.3 is 5.97 Å². The third-order valence-electron chi connectivity index (χ3n) is 2.43. The third-order valence-corrected chi connectivity index (χ3v) is 4.07. The van der Waals surface area contributed by atoms with E-state index < -0.39 is 5.97 Å². The van der Waals surface area contributed by atoms with Crippen LogP contribution < -0.4 is 4.74 Å². The normalized spacial score (nSPS) is 10.3. The van der Waals surface area contributed by atoms with Gasteiger partial charge in [-0.2, -0.15) is 0 Å². The van der Waals surface area contributed by atoms with Crippen molar-refractivity contribution in [3.05, 3.63) is 43.0 Å². The van der Waals surface area contributed by atoms with Crippen LogP contribution in [0.4, 0.5) is 0 Å². The van der Waals surface area contributed by atoms with Gasteiger partial charge in [-0.1, -0.05) is 0 Å². The summed E-state index contributed by atoms with van der Waals surface area (Å²) >= 11 is 3.95. The number of carboxylic acid groups (broad SMARTS) is 1. The number of aromatic carboxylic acids is 1. The van der Waals surface area contributed by atoms with Crippen molar-refractivity contribution < 1.29 is 24.9 Å². The first-order valence-electron chi connectivity index (χ1n) is 5.30. The van der Waals surface area contributed by atoms with E-state index in [2.05, 4.69) is 0 Å². The number of halogens is 2. The Bertz CT molecular complexity index is 661. The summed E-state index contributed by atoms with van der Waals surface area (Å²) in [5.74, 6) is -0.590. The maximum absolute atomic E-state index is 10.8. The van der Waals surface area contributed by atoms with Crippen molar-refractivity contribution in [2.24, 2.45) is 0 Å². The van der Waals surface area contributed by atoms with Gasteiger partial charge < -0.3 is 20.1 Å². The average molecular weight is 498 g/mol. The number of ether oxygens (including phenoxy) is 1. The van der Waals surface area contributed by atoms with E-state index in [4.69, 9.17) is 9.84 Å². The molecule has 0 spiro atoms. The maximum Gasteiger partial charge on any atom is 0.339 e. The summed E-state index contributed by atoms with van der Waals surface area (Å²) < 4.78 is 6.81. The Kier molecular flexibility index (Phi) is 4.58. The van der Waals surface area contributed by atoms with Gasteiger partial charge in [0.2, 0.25) is 0 Å². The molecular formula is C13H8I2O5. The summed E-state index contributed by atoms with van der Waals surface area (Å²) in [7, 11) is 0. The van der Waals surface area contributed by atoms with Crippen LogP contribution in [0.5, 0.6) is 23.0 Å². The van der Waals surface area contributed by atoms with Crippen molar-refractivity contribution in [2.45, 2.75) is 0 Å². The van der Waals surface area contributed by atoms with Crippen molar-refractivity contribution in [3.63, 3.8) is 0 Å². The lowest BCUT2D eigenvalue weighted by Crippen LogP contribution is -1.96. The quantitative estimate of drug-likeness (QED) is 0.561. The van der Waals surface area contributed by atoms with Crippen LogP contribution >= 0.6 is 45.2 Å². The zero-order valence-corrected chi connectivity index (χ0v) is 14.1. The molecule has 20 heavy (non-hydrogen) atoms. The van der Waals surface area contributed by atoms with Crippen LogP contribution in [0.3, 0.4) is 0 Å². The van der Waals surface area contributed by atoms with Crippen LogP contribution in [0, 0.1) is 7.14 Å². The van der Waals surface area contributed by atoms with E-state index in [-0.39, 0.29) is 17.1 Å². The standard InChI is InChI=1S/C13H8I2O5/c14-9-3-7(4-10(15)12(9)17)20-6-1-2-8(13(18)19)11(16)5-6/h1-5,16-17H,(H,18,19). The number of hydrogen-bond donors (Lipinski definition) is 3. The Balaban J connectivity index is 2.31. The van der Waals surface area contributed by atoms with E-state index >= 15 is 0 Å². The van der Waals surface area contributed by atoms with Gasteiger partial charge in [0.25, 0.3) is 0 Å². The van der Waals surface area contributed by atoms with Crippen LogP contribution in [0.15, 0.2) is 30.3 Å². The number of benzene rings is 2. The third kappa shape index (κ3) is 3.26. The monoisotopic (exact) mass is 498 g/mol. The Labute approximate surface area is 141 Å². The zero-order valence-electron chi connectivity index (χ0n) is 9.80. The first kappa shape index (κ1) is 15.2. The number of hydrogen-bond acceptors (Lipinski definition) is 4. The van der Waals surface area contributed by atoms with Crippen molar-refractivity contribution in [3.8, 4) is 23.0 Å². The number of phenolic OH excluding ortho intramolecular Hbond substituents is 1. The molecule has 3 N–H and O–H groups in total. The molecule has 0 radical (unpaired) electrons. The van der Waals surface area contributed by atoms with Crippen LogP contribution in [0.2, 0.25) is 0 Å². The first-order valence-corrected chi connectivity index (χ1v) is 7.46. The number of aromatic hydroxyl groups is 2. The molecule has 0 unspecified atom stereocenters. The lowest BCUT2D eigenvalue weighted by atomic mass is 10.2. The van der Waals surface area contributed by atoms with Gasteiger partial charge in [0.1, 0.15) is 28.6 Å². The summed E-state index contributed by atoms with van der Waals surface area (Å²) in [6.07, 6.45) is 0. The number of phenols is 2. The van der Waals surface area contributed by atoms with E-state index in [0.717, 1.165) is 0 Å². The molecule has 0 aliphatic carbocycles. The highest BCUT2D eigenvalue weighted by atomic mass is 127. The predicted octanol–water partition coefficient (Wildman–Crippen LogP) is 3.80. The second-order valence-electron chi connectivity index (χ2n) is 3.82. The lowest BCUT2D eigenvalue weighted by molar-refractivity contribution is 0.0693. The number of carboxylic acids is 1. The van der Waals surface area contributed by atoms with Crippen LogP contribution in [0.1, 0.15) is 10.4 Å². The second-order valence-corrected chi connectivity index (χ2v) is 6.15. The van der Waals surface area contributed by atoms with E-state index in [1.807, 2.05) is 45.2 Å². The fourth-order valence-electron chi connectivity index (χ4n) is 1.49. The Morgan fingerprint density at radius 1 is 1.00 bits per heavy atom. The minimum absolute atomic E-state index is 0.183. The molecule has 0 aromatic heterocycles. The molecule has 0 saturated heterocycles. The Morgan fingerprint density at radius 2 is 1.60 bits per heavy atom. The molecule has 0 aliphatic rings. The summed E-state index contributed by atoms with van der Waals surface area (Å²) in [4.78, 5) is 10.8. The lowest BCUT2D eigenvalue weighted by Gasteiger charge is -2.09. The molecule has 0 aliphatic heterocycles. The molecule has 2 rings (SSSR count). The molecule has 0 saturated carbocycles. The van der Waals surface area contributed by atoms with Crippen LogP contribution in [-0.4, -0.2) is 21.3 Å². The summed E-state index contributed by atoms with van der Waals surface area (Å²) in [6.45, 7) is 0. The van der Waals surface area contributed by atoms with Crippen LogP contribution in [0.25, 0.3) is 0 Å². The average Bonchev–Trinajstić information content (AvgIpc) is 2.35. The highest BCUT2D eigenvalue weighted by Gasteiger charge is 2.12. The molecule has 0 fully saturated rings. The van der Waals surface area contributed by atoms with Gasteiger partial charge in [-0.05, 0) is 69.4 Å². The van der Waals surface area contributed by atoms with Crippen molar-refractivity contribution in [2.75, 3.05) is 0 Å². The zero-order chi connectivity index (χ0) is 14.9. The van der Waals surface area contributed by atoms with Crippen molar-refractivity contribution >= 4 is 51.2 Å². The van der Waals surface area contributed by atoms with Gasteiger partial charge in [0.15, 0.2) is 0 Å². The van der Waals surface area contributed by atoms with Crippen LogP contribution in [-0.2, 0) is 0 Å². The van der Waals surface area contributed by atoms with E-state index in [1.54, 1.807) is 12.1 Å².